The average Bonchev–Trinajstić information content (AvgIpc) is 3.25. The van der Waals surface area contributed by atoms with Gasteiger partial charge in [0.15, 0.2) is 11.6 Å². The van der Waals surface area contributed by atoms with Gasteiger partial charge in [-0.15, -0.1) is 0 Å². The highest BCUT2D eigenvalue weighted by molar-refractivity contribution is 6.19. The number of carbonyl (C=O) groups excluding carboxylic acids is 1. The van der Waals surface area contributed by atoms with E-state index in [0.29, 0.717) is 12.2 Å². The van der Waals surface area contributed by atoms with Crippen LogP contribution >= 0.6 is 0 Å². The summed E-state index contributed by atoms with van der Waals surface area (Å²) in [6.45, 7) is 8.60. The molecule has 0 radical (unpaired) electrons. The van der Waals surface area contributed by atoms with Crippen LogP contribution in [0.15, 0.2) is 53.0 Å². The highest BCUT2D eigenvalue weighted by atomic mass is 16.7. The van der Waals surface area contributed by atoms with Gasteiger partial charge in [0.1, 0.15) is 17.4 Å². The molecule has 1 aliphatic heterocycles. The standard InChI is InChI=1S/C25H24O4/c1-24(2)19-13-15(9-11-16-14-27-25(3,4)29-16)10-12-17(19)22(26)21-18-7-5-6-8-20(18)28-23(21)24/h5-13,16H,14H2,1-4H3. The van der Waals surface area contributed by atoms with Crippen molar-refractivity contribution in [3.05, 3.63) is 76.6 Å². The second-order valence-corrected chi connectivity index (χ2v) is 8.79. The van der Waals surface area contributed by atoms with Gasteiger partial charge in [-0.3, -0.25) is 4.79 Å². The van der Waals surface area contributed by atoms with Crippen LogP contribution in [-0.4, -0.2) is 24.3 Å². The van der Waals surface area contributed by atoms with Crippen LogP contribution in [0, 0.1) is 0 Å². The third-order valence-corrected chi connectivity index (χ3v) is 5.89. The Balaban J connectivity index is 1.55. The largest absolute Gasteiger partial charge is 0.459 e. The molecule has 1 aliphatic carbocycles. The van der Waals surface area contributed by atoms with Crippen molar-refractivity contribution in [3.63, 3.8) is 0 Å². The van der Waals surface area contributed by atoms with Crippen LogP contribution < -0.4 is 0 Å². The number of ketones is 1. The lowest BCUT2D eigenvalue weighted by atomic mass is 9.71. The SMILES string of the molecule is CC1(C)OCC(C=Cc2ccc3c(c2)C(C)(C)c2oc4ccccc4c2C3=O)O1. The first kappa shape index (κ1) is 18.3. The lowest BCUT2D eigenvalue weighted by Crippen LogP contribution is -2.29. The van der Waals surface area contributed by atoms with Crippen molar-refractivity contribution in [1.82, 2.24) is 0 Å². The molecule has 5 rings (SSSR count). The van der Waals surface area contributed by atoms with Crippen molar-refractivity contribution >= 4 is 22.8 Å². The van der Waals surface area contributed by atoms with Gasteiger partial charge in [0.25, 0.3) is 0 Å². The molecule has 0 spiro atoms. The molecule has 4 nitrogen and oxygen atoms in total. The van der Waals surface area contributed by atoms with Gasteiger partial charge in [-0.05, 0) is 44.9 Å². The Labute approximate surface area is 170 Å². The van der Waals surface area contributed by atoms with Gasteiger partial charge in [0.2, 0.25) is 0 Å². The molecular weight excluding hydrogens is 364 g/mol. The minimum absolute atomic E-state index is 0.0316. The normalized spacial score (nSPS) is 22.2. The van der Waals surface area contributed by atoms with E-state index in [-0.39, 0.29) is 11.9 Å². The van der Waals surface area contributed by atoms with Gasteiger partial charge in [-0.2, -0.15) is 0 Å². The number of fused-ring (bicyclic) bond motifs is 4. The van der Waals surface area contributed by atoms with Crippen LogP contribution in [0.1, 0.15) is 60.5 Å². The molecule has 1 atom stereocenters. The number of ether oxygens (including phenoxy) is 2. The Morgan fingerprint density at radius 3 is 2.62 bits per heavy atom. The fraction of sp³-hybridized carbons (Fsp3) is 0.320. The molecule has 148 valence electrons. The van der Waals surface area contributed by atoms with Crippen LogP contribution in [-0.2, 0) is 14.9 Å². The van der Waals surface area contributed by atoms with Crippen LogP contribution in [0.2, 0.25) is 0 Å². The number of rotatable bonds is 2. The minimum atomic E-state index is -0.545. The Hall–Kier alpha value is -2.69. The van der Waals surface area contributed by atoms with E-state index < -0.39 is 11.2 Å². The van der Waals surface area contributed by atoms with Gasteiger partial charge in [0, 0.05) is 16.4 Å². The van der Waals surface area contributed by atoms with Crippen molar-refractivity contribution in [2.75, 3.05) is 6.61 Å². The summed E-state index contributed by atoms with van der Waals surface area (Å²) in [4.78, 5) is 13.3. The zero-order valence-corrected chi connectivity index (χ0v) is 17.1. The van der Waals surface area contributed by atoms with Crippen molar-refractivity contribution in [2.24, 2.45) is 0 Å². The molecule has 1 saturated heterocycles. The minimum Gasteiger partial charge on any atom is -0.459 e. The van der Waals surface area contributed by atoms with Gasteiger partial charge in [-0.25, -0.2) is 0 Å². The molecule has 1 fully saturated rings. The molecule has 0 bridgehead atoms. The zero-order chi connectivity index (χ0) is 20.4. The number of carbonyl (C=O) groups is 1. The van der Waals surface area contributed by atoms with Gasteiger partial charge >= 0.3 is 0 Å². The molecule has 29 heavy (non-hydrogen) atoms. The maximum atomic E-state index is 13.3. The zero-order valence-electron chi connectivity index (χ0n) is 17.1. The second kappa shape index (κ2) is 6.15. The van der Waals surface area contributed by atoms with Crippen LogP contribution in [0.3, 0.4) is 0 Å². The molecule has 2 heterocycles. The second-order valence-electron chi connectivity index (χ2n) is 8.79. The van der Waals surface area contributed by atoms with E-state index in [4.69, 9.17) is 13.9 Å². The molecule has 0 N–H and O–H groups in total. The number of benzene rings is 2. The first-order valence-corrected chi connectivity index (χ1v) is 9.97. The van der Waals surface area contributed by atoms with Crippen LogP contribution in [0.5, 0.6) is 0 Å². The molecule has 0 saturated carbocycles. The van der Waals surface area contributed by atoms with E-state index >= 15 is 0 Å². The van der Waals surface area contributed by atoms with Gasteiger partial charge in [-0.1, -0.05) is 48.6 Å². The Bertz CT molecular complexity index is 1160. The summed E-state index contributed by atoms with van der Waals surface area (Å²) in [5.74, 6) is 0.229. The molecular formula is C25H24O4. The smallest absolute Gasteiger partial charge is 0.197 e. The highest BCUT2D eigenvalue weighted by Gasteiger charge is 2.41. The third-order valence-electron chi connectivity index (χ3n) is 5.89. The molecule has 3 aromatic rings. The van der Waals surface area contributed by atoms with E-state index in [0.717, 1.165) is 33.4 Å². The van der Waals surface area contributed by atoms with Crippen molar-refractivity contribution < 1.29 is 18.7 Å². The summed E-state index contributed by atoms with van der Waals surface area (Å²) in [7, 11) is 0. The van der Waals surface area contributed by atoms with E-state index in [1.54, 1.807) is 0 Å². The van der Waals surface area contributed by atoms with E-state index in [1.165, 1.54) is 0 Å². The number of hydrogen-bond acceptors (Lipinski definition) is 4. The van der Waals surface area contributed by atoms with Gasteiger partial charge < -0.3 is 13.9 Å². The summed E-state index contributed by atoms with van der Waals surface area (Å²) >= 11 is 0. The molecule has 4 heteroatoms. The lowest BCUT2D eigenvalue weighted by Gasteiger charge is -2.30. The van der Waals surface area contributed by atoms with Gasteiger partial charge in [0.05, 0.1) is 12.2 Å². The van der Waals surface area contributed by atoms with Crippen molar-refractivity contribution in [2.45, 2.75) is 45.0 Å². The molecule has 1 aromatic heterocycles. The van der Waals surface area contributed by atoms with E-state index in [2.05, 4.69) is 19.9 Å². The lowest BCUT2D eigenvalue weighted by molar-refractivity contribution is -0.133. The van der Waals surface area contributed by atoms with E-state index in [9.17, 15) is 4.79 Å². The maximum Gasteiger partial charge on any atom is 0.197 e. The summed E-state index contributed by atoms with van der Waals surface area (Å²) in [6.07, 6.45) is 3.98. The van der Waals surface area contributed by atoms with Crippen LogP contribution in [0.25, 0.3) is 17.0 Å². The summed E-state index contributed by atoms with van der Waals surface area (Å²) in [6, 6.07) is 13.7. The molecule has 2 aromatic carbocycles. The number of para-hydroxylation sites is 1. The molecule has 2 aliphatic rings. The monoisotopic (exact) mass is 388 g/mol. The quantitative estimate of drug-likeness (QED) is 0.584. The van der Waals surface area contributed by atoms with Crippen LogP contribution in [0.4, 0.5) is 0 Å². The maximum absolute atomic E-state index is 13.3. The third kappa shape index (κ3) is 2.86. The van der Waals surface area contributed by atoms with Crippen molar-refractivity contribution in [1.29, 1.82) is 0 Å². The topological polar surface area (TPSA) is 48.7 Å². The summed E-state index contributed by atoms with van der Waals surface area (Å²) in [5, 5.41) is 0.885. The summed E-state index contributed by atoms with van der Waals surface area (Å²) < 4.78 is 17.6. The Kier molecular flexibility index (Phi) is 3.89. The number of furan rings is 1. The fourth-order valence-corrected chi connectivity index (χ4v) is 4.38. The Morgan fingerprint density at radius 2 is 1.86 bits per heavy atom. The average molecular weight is 388 g/mol. The first-order chi connectivity index (χ1) is 13.8. The predicted octanol–water partition coefficient (Wildman–Crippen LogP) is 5.47. The predicted molar refractivity (Wildman–Crippen MR) is 112 cm³/mol. The molecule has 0 amide bonds. The Morgan fingerprint density at radius 1 is 1.07 bits per heavy atom. The van der Waals surface area contributed by atoms with E-state index in [1.807, 2.05) is 62.4 Å². The number of hydrogen-bond donors (Lipinski definition) is 0. The summed E-state index contributed by atoms with van der Waals surface area (Å²) in [5.41, 5.74) is 3.80. The fourth-order valence-electron chi connectivity index (χ4n) is 4.38. The van der Waals surface area contributed by atoms with Crippen molar-refractivity contribution in [3.8, 4) is 0 Å². The molecule has 1 unspecified atom stereocenters. The highest BCUT2D eigenvalue weighted by Crippen LogP contribution is 2.45. The first-order valence-electron chi connectivity index (χ1n) is 9.97.